The minimum Gasteiger partial charge on any atom is -0.366 e. The molecule has 0 fully saturated rings. The Balaban J connectivity index is 2.54. The third kappa shape index (κ3) is 1.31. The number of pyridine rings is 1. The van der Waals surface area contributed by atoms with Crippen molar-refractivity contribution in [3.05, 3.63) is 40.3 Å². The highest BCUT2D eigenvalue weighted by Crippen LogP contribution is 2.20. The van der Waals surface area contributed by atoms with E-state index in [1.165, 1.54) is 6.20 Å². The van der Waals surface area contributed by atoms with Gasteiger partial charge in [0.1, 0.15) is 0 Å². The molecule has 17 heavy (non-hydrogen) atoms. The molecule has 0 saturated carbocycles. The summed E-state index contributed by atoms with van der Waals surface area (Å²) in [6.45, 7) is 0. The van der Waals surface area contributed by atoms with Gasteiger partial charge in [-0.25, -0.2) is 0 Å². The molecular formula is C11H8N4O2. The van der Waals surface area contributed by atoms with Gasteiger partial charge in [0.05, 0.1) is 22.0 Å². The van der Waals surface area contributed by atoms with Crippen molar-refractivity contribution < 1.29 is 4.79 Å². The second kappa shape index (κ2) is 3.18. The van der Waals surface area contributed by atoms with Crippen LogP contribution in [0.15, 0.2) is 29.2 Å². The summed E-state index contributed by atoms with van der Waals surface area (Å²) in [4.78, 5) is 26.8. The molecule has 0 bridgehead atoms. The molecule has 84 valence electrons. The second-order valence-electron chi connectivity index (χ2n) is 3.72. The number of aromatic nitrogens is 3. The third-order valence-corrected chi connectivity index (χ3v) is 2.69. The number of benzene rings is 1. The summed E-state index contributed by atoms with van der Waals surface area (Å²) in [7, 11) is 0. The molecule has 4 N–H and O–H groups in total. The average molecular weight is 228 g/mol. The molecular weight excluding hydrogens is 220 g/mol. The van der Waals surface area contributed by atoms with Gasteiger partial charge in [-0.2, -0.15) is 0 Å². The van der Waals surface area contributed by atoms with E-state index in [0.717, 1.165) is 0 Å². The van der Waals surface area contributed by atoms with E-state index < -0.39 is 5.91 Å². The summed E-state index contributed by atoms with van der Waals surface area (Å²) < 4.78 is 0. The van der Waals surface area contributed by atoms with Gasteiger partial charge in [-0.15, -0.1) is 0 Å². The Morgan fingerprint density at radius 1 is 1.29 bits per heavy atom. The Bertz CT molecular complexity index is 800. The minimum atomic E-state index is -0.566. The van der Waals surface area contributed by atoms with E-state index in [0.29, 0.717) is 21.8 Å². The Kier molecular flexibility index (Phi) is 1.79. The summed E-state index contributed by atoms with van der Waals surface area (Å²) in [5.74, 6) is -0.566. The summed E-state index contributed by atoms with van der Waals surface area (Å²) >= 11 is 0. The van der Waals surface area contributed by atoms with Gasteiger partial charge in [-0.3, -0.25) is 24.8 Å². The van der Waals surface area contributed by atoms with Crippen LogP contribution in [0.3, 0.4) is 0 Å². The Morgan fingerprint density at radius 2 is 2.12 bits per heavy atom. The Labute approximate surface area is 94.4 Å². The number of nitrogens with one attached hydrogen (secondary N) is 2. The molecule has 0 aliphatic rings. The first-order valence-corrected chi connectivity index (χ1v) is 4.96. The van der Waals surface area contributed by atoms with Crippen molar-refractivity contribution in [3.8, 4) is 0 Å². The molecule has 1 aromatic carbocycles. The maximum absolute atomic E-state index is 11.6. The van der Waals surface area contributed by atoms with E-state index >= 15 is 0 Å². The normalized spacial score (nSPS) is 11.1. The van der Waals surface area contributed by atoms with Crippen LogP contribution in [-0.4, -0.2) is 21.1 Å². The number of nitrogens with zero attached hydrogens (tertiary/aromatic N) is 1. The smallest absolute Gasteiger partial charge is 0.272 e. The monoisotopic (exact) mass is 228 g/mol. The second-order valence-corrected chi connectivity index (χ2v) is 3.72. The van der Waals surface area contributed by atoms with Gasteiger partial charge in [0.15, 0.2) is 0 Å². The molecule has 6 heteroatoms. The molecule has 6 nitrogen and oxygen atoms in total. The highest BCUT2D eigenvalue weighted by atomic mass is 16.1. The predicted molar refractivity (Wildman–Crippen MR) is 62.7 cm³/mol. The standard InChI is InChI=1S/C11H8N4O2/c12-10(16)5-3-6-7(13-4-5)1-2-8-9(6)11(17)15-14-8/h1-4H,(H2,12,16)(H2,14,15,17). The number of hydrogen-bond donors (Lipinski definition) is 3. The summed E-state index contributed by atoms with van der Waals surface area (Å²) in [5, 5.41) is 6.34. The highest BCUT2D eigenvalue weighted by molar-refractivity contribution is 6.07. The first-order chi connectivity index (χ1) is 8.16. The molecule has 0 atom stereocenters. The van der Waals surface area contributed by atoms with Crippen LogP contribution >= 0.6 is 0 Å². The van der Waals surface area contributed by atoms with Crippen LogP contribution in [-0.2, 0) is 0 Å². The van der Waals surface area contributed by atoms with Gasteiger partial charge in [-0.1, -0.05) is 0 Å². The molecule has 1 amide bonds. The van der Waals surface area contributed by atoms with Crippen molar-refractivity contribution in [2.24, 2.45) is 5.73 Å². The molecule has 3 rings (SSSR count). The Morgan fingerprint density at radius 3 is 2.88 bits per heavy atom. The number of hydrogen-bond acceptors (Lipinski definition) is 3. The van der Waals surface area contributed by atoms with Gasteiger partial charge < -0.3 is 5.73 Å². The van der Waals surface area contributed by atoms with Crippen LogP contribution in [0.5, 0.6) is 0 Å². The summed E-state index contributed by atoms with van der Waals surface area (Å²) in [5.41, 5.74) is 6.55. The van der Waals surface area contributed by atoms with Crippen molar-refractivity contribution in [2.45, 2.75) is 0 Å². The maximum Gasteiger partial charge on any atom is 0.272 e. The molecule has 2 aromatic heterocycles. The van der Waals surface area contributed by atoms with Crippen LogP contribution < -0.4 is 11.3 Å². The number of aromatic amines is 2. The molecule has 0 unspecified atom stereocenters. The quantitative estimate of drug-likeness (QED) is 0.564. The zero-order valence-electron chi connectivity index (χ0n) is 8.65. The fourth-order valence-corrected chi connectivity index (χ4v) is 1.87. The zero-order valence-corrected chi connectivity index (χ0v) is 8.65. The van der Waals surface area contributed by atoms with E-state index in [-0.39, 0.29) is 11.1 Å². The van der Waals surface area contributed by atoms with Crippen LogP contribution in [0.25, 0.3) is 21.8 Å². The third-order valence-electron chi connectivity index (χ3n) is 2.69. The fourth-order valence-electron chi connectivity index (χ4n) is 1.87. The van der Waals surface area contributed by atoms with Crippen molar-refractivity contribution in [2.75, 3.05) is 0 Å². The number of carbonyl (C=O) groups is 1. The molecule has 0 saturated heterocycles. The molecule has 3 aromatic rings. The molecule has 0 aliphatic heterocycles. The largest absolute Gasteiger partial charge is 0.366 e. The lowest BCUT2D eigenvalue weighted by molar-refractivity contribution is 0.1000. The summed E-state index contributed by atoms with van der Waals surface area (Å²) in [6, 6.07) is 5.11. The number of primary amides is 1. The van der Waals surface area contributed by atoms with Crippen molar-refractivity contribution >= 4 is 27.7 Å². The minimum absolute atomic E-state index is 0.242. The van der Waals surface area contributed by atoms with E-state index in [4.69, 9.17) is 5.73 Å². The van der Waals surface area contributed by atoms with Gasteiger partial charge in [-0.05, 0) is 18.2 Å². The number of H-pyrrole nitrogens is 2. The van der Waals surface area contributed by atoms with Crippen molar-refractivity contribution in [1.29, 1.82) is 0 Å². The number of rotatable bonds is 1. The number of amides is 1. The average Bonchev–Trinajstić information content (AvgIpc) is 2.70. The van der Waals surface area contributed by atoms with Gasteiger partial charge in [0, 0.05) is 11.6 Å². The maximum atomic E-state index is 11.6. The number of carbonyl (C=O) groups excluding carboxylic acids is 1. The molecule has 0 aliphatic carbocycles. The first kappa shape index (κ1) is 9.59. The lowest BCUT2D eigenvalue weighted by Crippen LogP contribution is -2.11. The SMILES string of the molecule is NC(=O)c1cnc2ccc3[nH][nH]c(=O)c3c2c1. The van der Waals surface area contributed by atoms with E-state index in [1.54, 1.807) is 18.2 Å². The van der Waals surface area contributed by atoms with Gasteiger partial charge in [0.25, 0.3) is 5.56 Å². The fraction of sp³-hybridized carbons (Fsp3) is 0. The highest BCUT2D eigenvalue weighted by Gasteiger charge is 2.09. The zero-order chi connectivity index (χ0) is 12.0. The van der Waals surface area contributed by atoms with Crippen LogP contribution in [0.2, 0.25) is 0 Å². The molecule has 2 heterocycles. The van der Waals surface area contributed by atoms with E-state index in [2.05, 4.69) is 15.2 Å². The van der Waals surface area contributed by atoms with Gasteiger partial charge in [0.2, 0.25) is 5.91 Å². The lowest BCUT2D eigenvalue weighted by Gasteiger charge is -2.00. The molecule has 0 radical (unpaired) electrons. The topological polar surface area (TPSA) is 105 Å². The van der Waals surface area contributed by atoms with Crippen molar-refractivity contribution in [1.82, 2.24) is 15.2 Å². The van der Waals surface area contributed by atoms with Crippen molar-refractivity contribution in [3.63, 3.8) is 0 Å². The predicted octanol–water partition coefficient (Wildman–Crippen LogP) is 0.503. The molecule has 0 spiro atoms. The Hall–Kier alpha value is -2.63. The number of nitrogens with two attached hydrogens (primary N) is 1. The first-order valence-electron chi connectivity index (χ1n) is 4.96. The van der Waals surface area contributed by atoms with Crippen LogP contribution in [0.1, 0.15) is 10.4 Å². The summed E-state index contributed by atoms with van der Waals surface area (Å²) in [6.07, 6.45) is 1.40. The number of fused-ring (bicyclic) bond motifs is 3. The van der Waals surface area contributed by atoms with E-state index in [9.17, 15) is 9.59 Å². The van der Waals surface area contributed by atoms with E-state index in [1.807, 2.05) is 0 Å². The van der Waals surface area contributed by atoms with Crippen LogP contribution in [0.4, 0.5) is 0 Å². The van der Waals surface area contributed by atoms with Gasteiger partial charge >= 0.3 is 0 Å². The van der Waals surface area contributed by atoms with Crippen LogP contribution in [0, 0.1) is 0 Å². The lowest BCUT2D eigenvalue weighted by atomic mass is 10.1.